The van der Waals surface area contributed by atoms with Crippen molar-refractivity contribution in [1.29, 1.82) is 0 Å². The number of rotatable bonds is 6. The van der Waals surface area contributed by atoms with Gasteiger partial charge in [0.05, 0.1) is 0 Å². The number of carbonyl (C=O) groups is 1. The summed E-state index contributed by atoms with van der Waals surface area (Å²) in [6, 6.07) is 9.84. The normalized spacial score (nSPS) is 9.95. The van der Waals surface area contributed by atoms with E-state index in [0.717, 1.165) is 28.9 Å². The van der Waals surface area contributed by atoms with Gasteiger partial charge in [0, 0.05) is 42.9 Å². The monoisotopic (exact) mass is 255 g/mol. The quantitative estimate of drug-likeness (QED) is 0.779. The molecular formula is C15H17N3O. The summed E-state index contributed by atoms with van der Waals surface area (Å²) in [6.07, 6.45) is 5.67. The van der Waals surface area contributed by atoms with Crippen LogP contribution in [0.2, 0.25) is 0 Å². The Morgan fingerprint density at radius 2 is 1.89 bits per heavy atom. The number of anilines is 3. The molecule has 0 aliphatic carbocycles. The summed E-state index contributed by atoms with van der Waals surface area (Å²) in [5, 5.41) is 6.52. The van der Waals surface area contributed by atoms with E-state index in [4.69, 9.17) is 0 Å². The van der Waals surface area contributed by atoms with Crippen LogP contribution in [0.3, 0.4) is 0 Å². The number of nitrogens with zero attached hydrogens (tertiary/aromatic N) is 1. The van der Waals surface area contributed by atoms with Crippen molar-refractivity contribution in [1.82, 2.24) is 4.98 Å². The van der Waals surface area contributed by atoms with E-state index < -0.39 is 0 Å². The van der Waals surface area contributed by atoms with Gasteiger partial charge in [-0.1, -0.05) is 6.07 Å². The Kier molecular flexibility index (Phi) is 4.50. The van der Waals surface area contributed by atoms with Crippen LogP contribution < -0.4 is 10.6 Å². The summed E-state index contributed by atoms with van der Waals surface area (Å²) in [4.78, 5) is 14.6. The van der Waals surface area contributed by atoms with Gasteiger partial charge in [-0.25, -0.2) is 0 Å². The van der Waals surface area contributed by atoms with Crippen LogP contribution in [0.5, 0.6) is 0 Å². The average molecular weight is 255 g/mol. The molecule has 2 rings (SSSR count). The Morgan fingerprint density at radius 1 is 1.16 bits per heavy atom. The first-order valence-electron chi connectivity index (χ1n) is 6.25. The van der Waals surface area contributed by atoms with Crippen molar-refractivity contribution in [2.24, 2.45) is 0 Å². The molecule has 4 heteroatoms. The van der Waals surface area contributed by atoms with Crippen LogP contribution in [-0.2, 0) is 11.2 Å². The molecule has 0 amide bonds. The lowest BCUT2D eigenvalue weighted by Gasteiger charge is -2.15. The minimum Gasteiger partial charge on any atom is -0.388 e. The molecule has 0 aliphatic rings. The third-order valence-electron chi connectivity index (χ3n) is 2.92. The standard InChI is InChI=1S/C15H17N3O/c1-16-14-5-2-6-15(13(14)4-3-11-19)18-12-7-9-17-10-8-12/h2,5-11,16H,3-4H2,1H3,(H,17,18). The first-order valence-corrected chi connectivity index (χ1v) is 6.25. The van der Waals surface area contributed by atoms with Crippen molar-refractivity contribution in [2.75, 3.05) is 17.7 Å². The van der Waals surface area contributed by atoms with Crippen LogP contribution in [0.15, 0.2) is 42.7 Å². The zero-order valence-corrected chi connectivity index (χ0v) is 10.9. The number of carbonyl (C=O) groups excluding carboxylic acids is 1. The van der Waals surface area contributed by atoms with Gasteiger partial charge in [-0.15, -0.1) is 0 Å². The van der Waals surface area contributed by atoms with E-state index in [1.807, 2.05) is 37.4 Å². The summed E-state index contributed by atoms with van der Waals surface area (Å²) in [5.74, 6) is 0. The van der Waals surface area contributed by atoms with E-state index in [0.29, 0.717) is 12.8 Å². The zero-order valence-electron chi connectivity index (χ0n) is 10.9. The van der Waals surface area contributed by atoms with Gasteiger partial charge in [0.2, 0.25) is 0 Å². The smallest absolute Gasteiger partial charge is 0.120 e. The van der Waals surface area contributed by atoms with E-state index in [-0.39, 0.29) is 0 Å². The lowest BCUT2D eigenvalue weighted by atomic mass is 10.0. The van der Waals surface area contributed by atoms with Gasteiger partial charge in [0.1, 0.15) is 6.29 Å². The van der Waals surface area contributed by atoms with E-state index in [2.05, 4.69) is 15.6 Å². The van der Waals surface area contributed by atoms with Gasteiger partial charge in [-0.2, -0.15) is 0 Å². The van der Waals surface area contributed by atoms with Crippen LogP contribution >= 0.6 is 0 Å². The van der Waals surface area contributed by atoms with Gasteiger partial charge in [0.15, 0.2) is 0 Å². The molecule has 1 aromatic heterocycles. The third kappa shape index (κ3) is 3.31. The van der Waals surface area contributed by atoms with E-state index >= 15 is 0 Å². The Morgan fingerprint density at radius 3 is 2.58 bits per heavy atom. The molecule has 0 spiro atoms. The molecule has 0 aliphatic heterocycles. The molecule has 0 bridgehead atoms. The van der Waals surface area contributed by atoms with Crippen LogP contribution in [0.4, 0.5) is 17.1 Å². The number of nitrogens with one attached hydrogen (secondary N) is 2. The first kappa shape index (κ1) is 13.1. The molecule has 4 nitrogen and oxygen atoms in total. The Labute approximate surface area is 112 Å². The van der Waals surface area contributed by atoms with Crippen LogP contribution in [-0.4, -0.2) is 18.3 Å². The average Bonchev–Trinajstić information content (AvgIpc) is 2.46. The predicted molar refractivity (Wildman–Crippen MR) is 77.9 cm³/mol. The second-order valence-electron chi connectivity index (χ2n) is 4.15. The van der Waals surface area contributed by atoms with Crippen LogP contribution in [0.25, 0.3) is 0 Å². The largest absolute Gasteiger partial charge is 0.388 e. The number of hydrogen-bond donors (Lipinski definition) is 2. The molecule has 2 aromatic rings. The topological polar surface area (TPSA) is 54.0 Å². The van der Waals surface area contributed by atoms with Crippen molar-refractivity contribution >= 4 is 23.3 Å². The highest BCUT2D eigenvalue weighted by Gasteiger charge is 2.07. The molecule has 0 atom stereocenters. The minimum absolute atomic E-state index is 0.518. The summed E-state index contributed by atoms with van der Waals surface area (Å²) in [7, 11) is 1.88. The lowest BCUT2D eigenvalue weighted by molar-refractivity contribution is -0.107. The molecule has 0 saturated carbocycles. The Bertz CT molecular complexity index is 540. The Hall–Kier alpha value is -2.36. The SMILES string of the molecule is CNc1cccc(Nc2ccncc2)c1CCC=O. The van der Waals surface area contributed by atoms with Crippen molar-refractivity contribution < 1.29 is 4.79 Å². The maximum Gasteiger partial charge on any atom is 0.120 e. The summed E-state index contributed by atoms with van der Waals surface area (Å²) in [6.45, 7) is 0. The lowest BCUT2D eigenvalue weighted by Crippen LogP contribution is -2.01. The van der Waals surface area contributed by atoms with Crippen molar-refractivity contribution in [3.63, 3.8) is 0 Å². The number of hydrogen-bond acceptors (Lipinski definition) is 4. The fourth-order valence-corrected chi connectivity index (χ4v) is 2.00. The molecule has 0 radical (unpaired) electrons. The Balaban J connectivity index is 2.30. The first-order chi connectivity index (χ1) is 9.35. The van der Waals surface area contributed by atoms with E-state index in [9.17, 15) is 4.79 Å². The highest BCUT2D eigenvalue weighted by atomic mass is 16.1. The maximum atomic E-state index is 10.6. The third-order valence-corrected chi connectivity index (χ3v) is 2.92. The molecule has 0 unspecified atom stereocenters. The van der Waals surface area contributed by atoms with Gasteiger partial charge >= 0.3 is 0 Å². The highest BCUT2D eigenvalue weighted by molar-refractivity contribution is 5.71. The van der Waals surface area contributed by atoms with Crippen molar-refractivity contribution in [3.05, 3.63) is 48.3 Å². The molecular weight excluding hydrogens is 238 g/mol. The minimum atomic E-state index is 0.518. The van der Waals surface area contributed by atoms with Crippen molar-refractivity contribution in [3.8, 4) is 0 Å². The number of aromatic nitrogens is 1. The van der Waals surface area contributed by atoms with Gasteiger partial charge in [0.25, 0.3) is 0 Å². The number of aldehydes is 1. The maximum absolute atomic E-state index is 10.6. The van der Waals surface area contributed by atoms with Crippen molar-refractivity contribution in [2.45, 2.75) is 12.8 Å². The molecule has 1 heterocycles. The highest BCUT2D eigenvalue weighted by Crippen LogP contribution is 2.28. The molecule has 98 valence electrons. The second-order valence-corrected chi connectivity index (χ2v) is 4.15. The summed E-state index contributed by atoms with van der Waals surface area (Å²) in [5.41, 5.74) is 4.16. The second kappa shape index (κ2) is 6.54. The molecule has 19 heavy (non-hydrogen) atoms. The van der Waals surface area contributed by atoms with Gasteiger partial charge < -0.3 is 15.4 Å². The molecule has 1 aromatic carbocycles. The van der Waals surface area contributed by atoms with Crippen LogP contribution in [0, 0.1) is 0 Å². The fourth-order valence-electron chi connectivity index (χ4n) is 2.00. The zero-order chi connectivity index (χ0) is 13.5. The molecule has 0 saturated heterocycles. The number of pyridine rings is 1. The molecule has 0 fully saturated rings. The van der Waals surface area contributed by atoms with Gasteiger partial charge in [-0.3, -0.25) is 4.98 Å². The van der Waals surface area contributed by atoms with E-state index in [1.54, 1.807) is 12.4 Å². The number of benzene rings is 1. The van der Waals surface area contributed by atoms with E-state index in [1.165, 1.54) is 0 Å². The summed E-state index contributed by atoms with van der Waals surface area (Å²) < 4.78 is 0. The fraction of sp³-hybridized carbons (Fsp3) is 0.200. The predicted octanol–water partition coefficient (Wildman–Crippen LogP) is 3.00. The van der Waals surface area contributed by atoms with Gasteiger partial charge in [-0.05, 0) is 36.2 Å². The molecule has 2 N–H and O–H groups in total. The summed E-state index contributed by atoms with van der Waals surface area (Å²) >= 11 is 0. The van der Waals surface area contributed by atoms with Crippen LogP contribution in [0.1, 0.15) is 12.0 Å².